The standard InChI is InChI=1S/C41H59N5O4S2/c1-8-9-28-10-14-30(15-11-28)31-20-22-46(23-21-31)33-25-42-37(43-26-33)32-16-12-29(13-17-32)24-34(38(47)45-52(49,50)27-40(2,3)4)44-39(48)35-18-19-36(51-35)41(5,6)7/h12-13,16-19,25-26,28,30-31,34H,8-11,14-15,20-24,27H2,1-7H3,(H,44,48)(H,45,47). The summed E-state index contributed by atoms with van der Waals surface area (Å²) in [5, 5.41) is 2.81. The number of rotatable bonds is 12. The fourth-order valence-corrected chi connectivity index (χ4v) is 10.4. The van der Waals surface area contributed by atoms with Crippen LogP contribution in [-0.4, -0.2) is 55.1 Å². The second-order valence-corrected chi connectivity index (χ2v) is 20.1. The predicted octanol–water partition coefficient (Wildman–Crippen LogP) is 8.16. The molecule has 52 heavy (non-hydrogen) atoms. The van der Waals surface area contributed by atoms with Gasteiger partial charge in [0, 0.05) is 30.0 Å². The summed E-state index contributed by atoms with van der Waals surface area (Å²) in [6.45, 7) is 16.0. The molecule has 5 rings (SSSR count). The number of carbonyl (C=O) groups excluding carboxylic acids is 2. The molecule has 2 N–H and O–H groups in total. The Morgan fingerprint density at radius 3 is 2.06 bits per heavy atom. The molecule has 0 bridgehead atoms. The van der Waals surface area contributed by atoms with Gasteiger partial charge in [0.25, 0.3) is 11.8 Å². The van der Waals surface area contributed by atoms with Gasteiger partial charge in [0.15, 0.2) is 5.82 Å². The number of piperidine rings is 1. The van der Waals surface area contributed by atoms with Crippen LogP contribution in [0, 0.1) is 23.2 Å². The average Bonchev–Trinajstić information content (AvgIpc) is 3.60. The highest BCUT2D eigenvalue weighted by molar-refractivity contribution is 7.90. The zero-order chi connectivity index (χ0) is 37.7. The first-order valence-electron chi connectivity index (χ1n) is 19.1. The zero-order valence-electron chi connectivity index (χ0n) is 32.2. The van der Waals surface area contributed by atoms with Gasteiger partial charge in [0.1, 0.15) is 6.04 Å². The number of anilines is 1. The third-order valence-electron chi connectivity index (χ3n) is 10.5. The Labute approximate surface area is 315 Å². The van der Waals surface area contributed by atoms with E-state index in [1.165, 1.54) is 62.7 Å². The molecule has 1 atom stereocenters. The first-order chi connectivity index (χ1) is 24.5. The molecule has 2 fully saturated rings. The third-order valence-corrected chi connectivity index (χ3v) is 13.8. The van der Waals surface area contributed by atoms with Crippen molar-refractivity contribution in [3.63, 3.8) is 0 Å². The molecule has 1 unspecified atom stereocenters. The van der Waals surface area contributed by atoms with Crippen molar-refractivity contribution in [3.8, 4) is 11.4 Å². The minimum atomic E-state index is -3.93. The molecular weight excluding hydrogens is 691 g/mol. The molecule has 284 valence electrons. The van der Waals surface area contributed by atoms with Crippen LogP contribution in [0.4, 0.5) is 5.69 Å². The molecule has 1 aliphatic carbocycles. The lowest BCUT2D eigenvalue weighted by Gasteiger charge is -2.39. The number of carbonyl (C=O) groups is 2. The van der Waals surface area contributed by atoms with Gasteiger partial charge in [-0.25, -0.2) is 18.4 Å². The van der Waals surface area contributed by atoms with Crippen molar-refractivity contribution in [2.75, 3.05) is 23.7 Å². The van der Waals surface area contributed by atoms with Crippen molar-refractivity contribution in [2.45, 2.75) is 118 Å². The van der Waals surface area contributed by atoms with Crippen molar-refractivity contribution in [1.82, 2.24) is 20.0 Å². The molecule has 11 heteroatoms. The van der Waals surface area contributed by atoms with Gasteiger partial charge in [-0.3, -0.25) is 14.3 Å². The van der Waals surface area contributed by atoms with Crippen LogP contribution in [0.15, 0.2) is 48.8 Å². The van der Waals surface area contributed by atoms with E-state index in [1.807, 2.05) is 42.7 Å². The maximum atomic E-state index is 13.4. The predicted molar refractivity (Wildman–Crippen MR) is 212 cm³/mol. The second kappa shape index (κ2) is 16.8. The zero-order valence-corrected chi connectivity index (χ0v) is 33.8. The SMILES string of the molecule is CCCC1CCC(C2CCN(c3cnc(-c4ccc(CC(NC(=O)c5ccc(C(C)(C)C)s5)C(=O)NS(=O)(=O)CC(C)(C)C)cc4)nc3)CC2)CC1. The molecule has 0 radical (unpaired) electrons. The summed E-state index contributed by atoms with van der Waals surface area (Å²) in [6.07, 6.45) is 14.7. The Morgan fingerprint density at radius 1 is 0.885 bits per heavy atom. The number of hydrogen-bond donors (Lipinski definition) is 2. The maximum absolute atomic E-state index is 13.4. The quantitative estimate of drug-likeness (QED) is 0.192. The van der Waals surface area contributed by atoms with E-state index in [-0.39, 0.29) is 17.6 Å². The van der Waals surface area contributed by atoms with Gasteiger partial charge in [0.2, 0.25) is 10.0 Å². The first-order valence-corrected chi connectivity index (χ1v) is 21.6. The highest BCUT2D eigenvalue weighted by Crippen LogP contribution is 2.39. The van der Waals surface area contributed by atoms with Crippen molar-refractivity contribution in [1.29, 1.82) is 0 Å². The Hall–Kier alpha value is -3.31. The molecule has 1 saturated heterocycles. The normalized spacial score (nSPS) is 19.6. The van der Waals surface area contributed by atoms with Crippen LogP contribution in [0.5, 0.6) is 0 Å². The number of thiophene rings is 1. The summed E-state index contributed by atoms with van der Waals surface area (Å²) in [7, 11) is -3.93. The molecule has 9 nitrogen and oxygen atoms in total. The minimum absolute atomic E-state index is 0.107. The van der Waals surface area contributed by atoms with E-state index in [4.69, 9.17) is 9.97 Å². The van der Waals surface area contributed by atoms with Gasteiger partial charge < -0.3 is 10.2 Å². The fourth-order valence-electron chi connectivity index (χ4n) is 7.78. The van der Waals surface area contributed by atoms with Gasteiger partial charge in [-0.1, -0.05) is 98.4 Å². The lowest BCUT2D eigenvalue weighted by molar-refractivity contribution is -0.121. The van der Waals surface area contributed by atoms with Crippen molar-refractivity contribution in [3.05, 3.63) is 64.1 Å². The second-order valence-electron chi connectivity index (χ2n) is 17.3. The van der Waals surface area contributed by atoms with E-state index in [9.17, 15) is 18.0 Å². The molecular formula is C41H59N5O4S2. The summed E-state index contributed by atoms with van der Waals surface area (Å²) < 4.78 is 27.9. The van der Waals surface area contributed by atoms with Crippen LogP contribution < -0.4 is 14.9 Å². The number of amides is 2. The number of benzene rings is 1. The Kier molecular flexibility index (Phi) is 12.9. The van der Waals surface area contributed by atoms with E-state index in [0.29, 0.717) is 10.7 Å². The van der Waals surface area contributed by atoms with Gasteiger partial charge in [-0.15, -0.1) is 11.3 Å². The van der Waals surface area contributed by atoms with E-state index < -0.39 is 33.3 Å². The molecule has 1 saturated carbocycles. The van der Waals surface area contributed by atoms with Crippen molar-refractivity contribution in [2.24, 2.45) is 23.2 Å². The molecule has 0 spiro atoms. The summed E-state index contributed by atoms with van der Waals surface area (Å²) in [4.78, 5) is 40.1. The molecule has 3 aromatic rings. The van der Waals surface area contributed by atoms with E-state index in [1.54, 1.807) is 26.8 Å². The Bertz CT molecular complexity index is 1740. The third kappa shape index (κ3) is 11.1. The van der Waals surface area contributed by atoms with Crippen LogP contribution in [-0.2, 0) is 26.7 Å². The van der Waals surface area contributed by atoms with Gasteiger partial charge in [-0.2, -0.15) is 0 Å². The number of nitrogens with zero attached hydrogens (tertiary/aromatic N) is 3. The number of hydrogen-bond acceptors (Lipinski definition) is 8. The summed E-state index contributed by atoms with van der Waals surface area (Å²) >= 11 is 1.37. The van der Waals surface area contributed by atoms with Crippen LogP contribution in [0.3, 0.4) is 0 Å². The van der Waals surface area contributed by atoms with Gasteiger partial charge in [0.05, 0.1) is 28.7 Å². The Morgan fingerprint density at radius 2 is 1.50 bits per heavy atom. The molecule has 1 aromatic carbocycles. The Balaban J connectivity index is 1.21. The molecule has 1 aliphatic heterocycles. The molecule has 3 heterocycles. The van der Waals surface area contributed by atoms with Crippen LogP contribution in [0.1, 0.15) is 120 Å². The largest absolute Gasteiger partial charge is 0.369 e. The first kappa shape index (κ1) is 39.9. The fraction of sp³-hybridized carbons (Fsp3) is 0.610. The minimum Gasteiger partial charge on any atom is -0.369 e. The smallest absolute Gasteiger partial charge is 0.262 e. The van der Waals surface area contributed by atoms with E-state index in [0.717, 1.165) is 52.5 Å². The maximum Gasteiger partial charge on any atom is 0.262 e. The van der Waals surface area contributed by atoms with Crippen molar-refractivity contribution >= 4 is 38.9 Å². The number of sulfonamides is 1. The highest BCUT2D eigenvalue weighted by atomic mass is 32.2. The monoisotopic (exact) mass is 749 g/mol. The summed E-state index contributed by atoms with van der Waals surface area (Å²) in [6, 6.07) is 10.1. The molecule has 2 amide bonds. The molecule has 2 aliphatic rings. The van der Waals surface area contributed by atoms with Crippen LogP contribution >= 0.6 is 11.3 Å². The average molecular weight is 750 g/mol. The number of aromatic nitrogens is 2. The highest BCUT2D eigenvalue weighted by Gasteiger charge is 2.31. The van der Waals surface area contributed by atoms with Crippen molar-refractivity contribution < 1.29 is 18.0 Å². The lowest BCUT2D eigenvalue weighted by Crippen LogP contribution is -2.50. The van der Waals surface area contributed by atoms with Gasteiger partial charge >= 0.3 is 0 Å². The van der Waals surface area contributed by atoms with Crippen LogP contribution in [0.25, 0.3) is 11.4 Å². The van der Waals surface area contributed by atoms with Gasteiger partial charge in [-0.05, 0) is 72.0 Å². The molecule has 2 aromatic heterocycles. The van der Waals surface area contributed by atoms with E-state index >= 15 is 0 Å². The summed E-state index contributed by atoms with van der Waals surface area (Å²) in [5.74, 6) is 1.88. The number of nitrogens with one attached hydrogen (secondary N) is 2. The topological polar surface area (TPSA) is 121 Å². The van der Waals surface area contributed by atoms with Crippen LogP contribution in [0.2, 0.25) is 0 Å². The lowest BCUT2D eigenvalue weighted by atomic mass is 9.72. The summed E-state index contributed by atoms with van der Waals surface area (Å²) in [5.41, 5.74) is 1.97. The van der Waals surface area contributed by atoms with E-state index in [2.05, 4.69) is 42.6 Å².